The molecule has 16 heavy (non-hydrogen) atoms. The van der Waals surface area contributed by atoms with Crippen LogP contribution in [0.15, 0.2) is 15.9 Å². The molecular formula is C10H14BrClN2OS. The van der Waals surface area contributed by atoms with Crippen molar-refractivity contribution in [2.75, 3.05) is 19.6 Å². The average Bonchev–Trinajstić information content (AvgIpc) is 2.84. The van der Waals surface area contributed by atoms with Crippen molar-refractivity contribution in [3.05, 3.63) is 20.8 Å². The van der Waals surface area contributed by atoms with Gasteiger partial charge in [0.2, 0.25) is 0 Å². The number of amides is 1. The quantitative estimate of drug-likeness (QED) is 0.907. The van der Waals surface area contributed by atoms with Gasteiger partial charge >= 0.3 is 0 Å². The Morgan fingerprint density at radius 1 is 1.69 bits per heavy atom. The molecule has 1 aromatic rings. The van der Waals surface area contributed by atoms with E-state index in [0.29, 0.717) is 12.5 Å². The second-order valence-electron chi connectivity index (χ2n) is 3.77. The summed E-state index contributed by atoms with van der Waals surface area (Å²) in [6, 6.07) is 1.88. The predicted molar refractivity (Wildman–Crippen MR) is 72.3 cm³/mol. The second-order valence-corrected chi connectivity index (χ2v) is 5.60. The lowest BCUT2D eigenvalue weighted by Gasteiger charge is -2.14. The fourth-order valence-corrected chi connectivity index (χ4v) is 3.18. The molecule has 0 bridgehead atoms. The van der Waals surface area contributed by atoms with Crippen LogP contribution in [-0.4, -0.2) is 30.4 Å². The Hall–Kier alpha value is -0.100. The lowest BCUT2D eigenvalue weighted by Crippen LogP contribution is -2.29. The number of nitrogens with zero attached hydrogens (tertiary/aromatic N) is 1. The Balaban J connectivity index is 0.00000128. The number of carbonyl (C=O) groups excluding carboxylic acids is 1. The van der Waals surface area contributed by atoms with Crippen LogP contribution in [0.5, 0.6) is 0 Å². The summed E-state index contributed by atoms with van der Waals surface area (Å²) in [5, 5.41) is 1.93. The van der Waals surface area contributed by atoms with Crippen molar-refractivity contribution in [1.29, 1.82) is 0 Å². The van der Waals surface area contributed by atoms with Crippen molar-refractivity contribution in [3.63, 3.8) is 0 Å². The van der Waals surface area contributed by atoms with E-state index in [4.69, 9.17) is 5.73 Å². The van der Waals surface area contributed by atoms with Crippen LogP contribution in [0.2, 0.25) is 0 Å². The molecule has 0 spiro atoms. The van der Waals surface area contributed by atoms with Gasteiger partial charge in [0.05, 0.1) is 4.88 Å². The molecule has 1 unspecified atom stereocenters. The third-order valence-corrected chi connectivity index (χ3v) is 4.36. The van der Waals surface area contributed by atoms with Gasteiger partial charge in [0, 0.05) is 22.9 Å². The Bertz CT molecular complexity index is 371. The molecule has 1 fully saturated rings. The van der Waals surface area contributed by atoms with E-state index in [0.717, 1.165) is 28.9 Å². The number of likely N-dealkylation sites (tertiary alicyclic amines) is 1. The molecule has 1 aromatic heterocycles. The van der Waals surface area contributed by atoms with Crippen LogP contribution in [0.1, 0.15) is 16.1 Å². The number of thiophene rings is 1. The number of hydrogen-bond acceptors (Lipinski definition) is 3. The van der Waals surface area contributed by atoms with Crippen LogP contribution in [0.4, 0.5) is 0 Å². The second kappa shape index (κ2) is 6.00. The molecule has 90 valence electrons. The molecule has 6 heteroatoms. The molecule has 1 atom stereocenters. The Morgan fingerprint density at radius 3 is 2.94 bits per heavy atom. The minimum absolute atomic E-state index is 0. The number of hydrogen-bond donors (Lipinski definition) is 1. The van der Waals surface area contributed by atoms with Crippen LogP contribution in [0.25, 0.3) is 0 Å². The van der Waals surface area contributed by atoms with E-state index in [-0.39, 0.29) is 18.3 Å². The Labute approximate surface area is 114 Å². The van der Waals surface area contributed by atoms with E-state index < -0.39 is 0 Å². The Morgan fingerprint density at radius 2 is 2.44 bits per heavy atom. The minimum atomic E-state index is 0. The summed E-state index contributed by atoms with van der Waals surface area (Å²) in [7, 11) is 0. The van der Waals surface area contributed by atoms with E-state index in [1.807, 2.05) is 16.3 Å². The summed E-state index contributed by atoms with van der Waals surface area (Å²) in [5.74, 6) is 0.624. The molecule has 0 radical (unpaired) electrons. The van der Waals surface area contributed by atoms with Crippen molar-refractivity contribution in [2.45, 2.75) is 6.42 Å². The van der Waals surface area contributed by atoms with Gasteiger partial charge in [-0.2, -0.15) is 0 Å². The highest BCUT2D eigenvalue weighted by Crippen LogP contribution is 2.24. The average molecular weight is 326 g/mol. The number of nitrogens with two attached hydrogens (primary N) is 1. The van der Waals surface area contributed by atoms with Gasteiger partial charge in [-0.3, -0.25) is 4.79 Å². The van der Waals surface area contributed by atoms with Gasteiger partial charge in [-0.1, -0.05) is 0 Å². The summed E-state index contributed by atoms with van der Waals surface area (Å²) < 4.78 is 0.977. The molecule has 0 aromatic carbocycles. The highest BCUT2D eigenvalue weighted by molar-refractivity contribution is 9.10. The highest BCUT2D eigenvalue weighted by atomic mass is 79.9. The zero-order valence-electron chi connectivity index (χ0n) is 8.69. The van der Waals surface area contributed by atoms with Crippen LogP contribution in [0.3, 0.4) is 0 Å². The smallest absolute Gasteiger partial charge is 0.263 e. The summed E-state index contributed by atoms with van der Waals surface area (Å²) in [4.78, 5) is 14.7. The van der Waals surface area contributed by atoms with Crippen molar-refractivity contribution < 1.29 is 4.79 Å². The van der Waals surface area contributed by atoms with E-state index in [1.165, 1.54) is 11.3 Å². The van der Waals surface area contributed by atoms with Crippen LogP contribution in [-0.2, 0) is 0 Å². The molecule has 1 aliphatic heterocycles. The normalized spacial score (nSPS) is 19.6. The maximum Gasteiger partial charge on any atom is 0.263 e. The number of halogens is 2. The van der Waals surface area contributed by atoms with Crippen LogP contribution in [0, 0.1) is 5.92 Å². The fraction of sp³-hybridized carbons (Fsp3) is 0.500. The van der Waals surface area contributed by atoms with Gasteiger partial charge in [0.25, 0.3) is 5.91 Å². The first-order valence-corrected chi connectivity index (χ1v) is 6.61. The van der Waals surface area contributed by atoms with Crippen LogP contribution >= 0.6 is 39.7 Å². The molecule has 1 amide bonds. The van der Waals surface area contributed by atoms with Gasteiger partial charge in [-0.05, 0) is 40.9 Å². The zero-order valence-corrected chi connectivity index (χ0v) is 11.9. The number of carbonyl (C=O) groups is 1. The van der Waals surface area contributed by atoms with Crippen molar-refractivity contribution in [1.82, 2.24) is 4.90 Å². The first-order valence-electron chi connectivity index (χ1n) is 4.94. The van der Waals surface area contributed by atoms with Gasteiger partial charge in [-0.15, -0.1) is 23.7 Å². The van der Waals surface area contributed by atoms with E-state index in [2.05, 4.69) is 15.9 Å². The maximum absolute atomic E-state index is 12.0. The molecule has 2 N–H and O–H groups in total. The van der Waals surface area contributed by atoms with Gasteiger partial charge in [0.15, 0.2) is 0 Å². The first-order chi connectivity index (χ1) is 7.20. The molecule has 1 saturated heterocycles. The molecule has 0 saturated carbocycles. The molecular weight excluding hydrogens is 312 g/mol. The molecule has 0 aliphatic carbocycles. The van der Waals surface area contributed by atoms with Gasteiger partial charge < -0.3 is 10.6 Å². The summed E-state index contributed by atoms with van der Waals surface area (Å²) in [6.07, 6.45) is 1.04. The maximum atomic E-state index is 12.0. The third-order valence-electron chi connectivity index (χ3n) is 2.68. The fourth-order valence-electron chi connectivity index (χ4n) is 1.79. The molecule has 1 aliphatic rings. The molecule has 2 rings (SSSR count). The van der Waals surface area contributed by atoms with E-state index in [9.17, 15) is 4.79 Å². The molecule has 2 heterocycles. The molecule has 3 nitrogen and oxygen atoms in total. The summed E-state index contributed by atoms with van der Waals surface area (Å²) >= 11 is 4.84. The predicted octanol–water partition coefficient (Wildman–Crippen LogP) is 2.35. The third kappa shape index (κ3) is 2.97. The lowest BCUT2D eigenvalue weighted by molar-refractivity contribution is 0.0792. The van der Waals surface area contributed by atoms with Crippen molar-refractivity contribution >= 4 is 45.6 Å². The standard InChI is InChI=1S/C10H13BrN2OS.ClH/c11-8-3-9(15-6-8)10(14)13-2-1-7(4-12)5-13;/h3,6-7H,1-2,4-5,12H2;1H. The van der Waals surface area contributed by atoms with E-state index in [1.54, 1.807) is 0 Å². The highest BCUT2D eigenvalue weighted by Gasteiger charge is 2.26. The number of rotatable bonds is 2. The topological polar surface area (TPSA) is 46.3 Å². The van der Waals surface area contributed by atoms with Crippen molar-refractivity contribution in [3.8, 4) is 0 Å². The van der Waals surface area contributed by atoms with Gasteiger partial charge in [0.1, 0.15) is 0 Å². The van der Waals surface area contributed by atoms with Crippen molar-refractivity contribution in [2.24, 2.45) is 11.7 Å². The summed E-state index contributed by atoms with van der Waals surface area (Å²) in [5.41, 5.74) is 5.60. The zero-order chi connectivity index (χ0) is 10.8. The first kappa shape index (κ1) is 14.0. The van der Waals surface area contributed by atoms with Crippen LogP contribution < -0.4 is 5.73 Å². The Kier molecular flexibility index (Phi) is 5.24. The largest absolute Gasteiger partial charge is 0.338 e. The SMILES string of the molecule is Cl.NCC1CCN(C(=O)c2cc(Br)cs2)C1. The summed E-state index contributed by atoms with van der Waals surface area (Å²) in [6.45, 7) is 2.33. The minimum Gasteiger partial charge on any atom is -0.338 e. The lowest BCUT2D eigenvalue weighted by atomic mass is 10.1. The van der Waals surface area contributed by atoms with Gasteiger partial charge in [-0.25, -0.2) is 0 Å². The monoisotopic (exact) mass is 324 g/mol. The van der Waals surface area contributed by atoms with E-state index >= 15 is 0 Å².